The summed E-state index contributed by atoms with van der Waals surface area (Å²) >= 11 is 0. The van der Waals surface area contributed by atoms with Crippen LogP contribution in [-0.4, -0.2) is 27.8 Å². The number of ether oxygens (including phenoxy) is 1. The molecular formula is C23H38O3Si. The summed E-state index contributed by atoms with van der Waals surface area (Å²) in [6.07, 6.45) is 5.84. The zero-order valence-electron chi connectivity index (χ0n) is 18.1. The number of hydrogen-bond donors (Lipinski definition) is 0. The highest BCUT2D eigenvalue weighted by atomic mass is 28.4. The molecule has 1 aromatic carbocycles. The van der Waals surface area contributed by atoms with Gasteiger partial charge in [-0.15, -0.1) is 0 Å². The number of unbranched alkanes of at least 4 members (excludes halogenated alkanes) is 1. The van der Waals surface area contributed by atoms with Crippen LogP contribution < -0.4 is 0 Å². The second-order valence-corrected chi connectivity index (χ2v) is 13.5. The van der Waals surface area contributed by atoms with Crippen LogP contribution in [0.4, 0.5) is 0 Å². The van der Waals surface area contributed by atoms with E-state index in [2.05, 4.69) is 59.0 Å². The van der Waals surface area contributed by atoms with Crippen molar-refractivity contribution in [1.29, 1.82) is 0 Å². The van der Waals surface area contributed by atoms with Crippen LogP contribution in [0, 0.1) is 5.92 Å². The standard InChI is InChI=1S/C23H38O3Si/c1-7-8-14-21(17-24)22(15-16-26-27(5,6)23(2,3)4)19-25-18-20-12-10-9-11-13-20/h9-14,17,22H,7-8,15-16,18-19H2,1-6H3/b21-14-. The summed E-state index contributed by atoms with van der Waals surface area (Å²) in [6, 6.07) is 10.1. The zero-order chi connectivity index (χ0) is 20.3. The van der Waals surface area contributed by atoms with Gasteiger partial charge >= 0.3 is 0 Å². The van der Waals surface area contributed by atoms with Crippen LogP contribution in [-0.2, 0) is 20.6 Å². The second-order valence-electron chi connectivity index (χ2n) is 8.71. The molecule has 3 nitrogen and oxygen atoms in total. The highest BCUT2D eigenvalue weighted by molar-refractivity contribution is 6.74. The van der Waals surface area contributed by atoms with Crippen molar-refractivity contribution in [2.75, 3.05) is 13.2 Å². The van der Waals surface area contributed by atoms with Crippen LogP contribution >= 0.6 is 0 Å². The average Bonchev–Trinajstić information content (AvgIpc) is 2.61. The molecule has 0 saturated carbocycles. The van der Waals surface area contributed by atoms with E-state index in [0.29, 0.717) is 19.8 Å². The summed E-state index contributed by atoms with van der Waals surface area (Å²) in [5.74, 6) is 0.0857. The van der Waals surface area contributed by atoms with Crippen molar-refractivity contribution in [2.24, 2.45) is 5.92 Å². The number of allylic oxidation sites excluding steroid dienone is 1. The lowest BCUT2D eigenvalue weighted by Crippen LogP contribution is -2.41. The Hall–Kier alpha value is -1.23. The van der Waals surface area contributed by atoms with Crippen LogP contribution in [0.2, 0.25) is 18.1 Å². The summed E-state index contributed by atoms with van der Waals surface area (Å²) in [7, 11) is -1.77. The van der Waals surface area contributed by atoms with Gasteiger partial charge in [-0.25, -0.2) is 0 Å². The predicted octanol–water partition coefficient (Wildman–Crippen LogP) is 6.16. The summed E-state index contributed by atoms with van der Waals surface area (Å²) in [5.41, 5.74) is 2.00. The van der Waals surface area contributed by atoms with Crippen molar-refractivity contribution in [3.05, 3.63) is 47.5 Å². The van der Waals surface area contributed by atoms with E-state index in [9.17, 15) is 4.79 Å². The van der Waals surface area contributed by atoms with E-state index in [-0.39, 0.29) is 11.0 Å². The van der Waals surface area contributed by atoms with Gasteiger partial charge in [0.25, 0.3) is 0 Å². The molecule has 0 radical (unpaired) electrons. The molecule has 1 aromatic rings. The Morgan fingerprint density at radius 3 is 2.41 bits per heavy atom. The molecule has 0 amide bonds. The third kappa shape index (κ3) is 8.54. The second kappa shape index (κ2) is 11.6. The Balaban J connectivity index is 2.68. The number of aldehydes is 1. The van der Waals surface area contributed by atoms with Crippen LogP contribution in [0.5, 0.6) is 0 Å². The van der Waals surface area contributed by atoms with E-state index in [1.54, 1.807) is 0 Å². The maximum Gasteiger partial charge on any atom is 0.191 e. The van der Waals surface area contributed by atoms with Gasteiger partial charge in [-0.3, -0.25) is 4.79 Å². The molecular weight excluding hydrogens is 352 g/mol. The molecule has 0 N–H and O–H groups in total. The molecule has 0 heterocycles. The maximum atomic E-state index is 11.6. The minimum absolute atomic E-state index is 0.0857. The highest BCUT2D eigenvalue weighted by Gasteiger charge is 2.37. The number of rotatable bonds is 12. The number of benzene rings is 1. The maximum absolute atomic E-state index is 11.6. The summed E-state index contributed by atoms with van der Waals surface area (Å²) in [5, 5.41) is 0.192. The van der Waals surface area contributed by atoms with Crippen molar-refractivity contribution in [3.8, 4) is 0 Å². The topological polar surface area (TPSA) is 35.5 Å². The average molecular weight is 391 g/mol. The van der Waals surface area contributed by atoms with Gasteiger partial charge in [-0.2, -0.15) is 0 Å². The first kappa shape index (κ1) is 23.8. The molecule has 0 bridgehead atoms. The summed E-state index contributed by atoms with van der Waals surface area (Å²) in [4.78, 5) is 11.6. The summed E-state index contributed by atoms with van der Waals surface area (Å²) in [6.45, 7) is 15.2. The van der Waals surface area contributed by atoms with E-state index in [4.69, 9.17) is 9.16 Å². The van der Waals surface area contributed by atoms with Crippen LogP contribution in [0.3, 0.4) is 0 Å². The van der Waals surface area contributed by atoms with Gasteiger partial charge in [0.15, 0.2) is 8.32 Å². The van der Waals surface area contributed by atoms with E-state index in [0.717, 1.165) is 36.7 Å². The molecule has 0 aliphatic carbocycles. The fourth-order valence-electron chi connectivity index (χ4n) is 2.53. The van der Waals surface area contributed by atoms with Gasteiger partial charge < -0.3 is 9.16 Å². The molecule has 0 aliphatic rings. The van der Waals surface area contributed by atoms with Gasteiger partial charge in [-0.05, 0) is 42.1 Å². The van der Waals surface area contributed by atoms with Gasteiger partial charge in [0.1, 0.15) is 6.29 Å². The van der Waals surface area contributed by atoms with E-state index in [1.807, 2.05) is 18.2 Å². The fraction of sp³-hybridized carbons (Fsp3) is 0.609. The summed E-state index contributed by atoms with van der Waals surface area (Å²) < 4.78 is 12.3. The van der Waals surface area contributed by atoms with Crippen molar-refractivity contribution >= 4 is 14.6 Å². The van der Waals surface area contributed by atoms with Gasteiger partial charge in [0.05, 0.1) is 13.2 Å². The highest BCUT2D eigenvalue weighted by Crippen LogP contribution is 2.36. The monoisotopic (exact) mass is 390 g/mol. The van der Waals surface area contributed by atoms with Crippen LogP contribution in [0.25, 0.3) is 0 Å². The van der Waals surface area contributed by atoms with E-state index in [1.165, 1.54) is 0 Å². The molecule has 1 atom stereocenters. The molecule has 0 saturated heterocycles. The van der Waals surface area contributed by atoms with E-state index < -0.39 is 8.32 Å². The molecule has 152 valence electrons. The van der Waals surface area contributed by atoms with Gasteiger partial charge in [-0.1, -0.05) is 70.5 Å². The third-order valence-corrected chi connectivity index (χ3v) is 9.98. The van der Waals surface area contributed by atoms with Gasteiger partial charge in [0, 0.05) is 12.5 Å². The van der Waals surface area contributed by atoms with Gasteiger partial charge in [0.2, 0.25) is 0 Å². The molecule has 1 rings (SSSR count). The molecule has 0 aromatic heterocycles. The quantitative estimate of drug-likeness (QED) is 0.244. The normalized spacial score (nSPS) is 14.2. The number of carbonyl (C=O) groups excluding carboxylic acids is 1. The SMILES string of the molecule is CCC/C=C(/C=O)C(CCO[Si](C)(C)C(C)(C)C)COCc1ccccc1. The molecule has 0 spiro atoms. The lowest BCUT2D eigenvalue weighted by Gasteiger charge is -2.36. The zero-order valence-corrected chi connectivity index (χ0v) is 19.1. The third-order valence-electron chi connectivity index (χ3n) is 5.44. The Morgan fingerprint density at radius 1 is 1.19 bits per heavy atom. The van der Waals surface area contributed by atoms with Crippen molar-refractivity contribution in [2.45, 2.75) is 71.7 Å². The Kier molecular flexibility index (Phi) is 10.2. The first-order valence-electron chi connectivity index (χ1n) is 10.1. The minimum atomic E-state index is -1.77. The van der Waals surface area contributed by atoms with Crippen molar-refractivity contribution < 1.29 is 14.0 Å². The Labute approximate surface area is 167 Å². The molecule has 1 unspecified atom stereocenters. The number of carbonyl (C=O) groups is 1. The molecule has 0 fully saturated rings. The van der Waals surface area contributed by atoms with Crippen LogP contribution in [0.1, 0.15) is 52.5 Å². The lowest BCUT2D eigenvalue weighted by atomic mass is 9.96. The molecule has 27 heavy (non-hydrogen) atoms. The minimum Gasteiger partial charge on any atom is -0.417 e. The first-order chi connectivity index (χ1) is 12.7. The van der Waals surface area contributed by atoms with Crippen LogP contribution in [0.15, 0.2) is 42.0 Å². The van der Waals surface area contributed by atoms with Crippen molar-refractivity contribution in [3.63, 3.8) is 0 Å². The lowest BCUT2D eigenvalue weighted by molar-refractivity contribution is -0.105. The van der Waals surface area contributed by atoms with Crippen molar-refractivity contribution in [1.82, 2.24) is 0 Å². The smallest absolute Gasteiger partial charge is 0.191 e. The Morgan fingerprint density at radius 2 is 1.85 bits per heavy atom. The van der Waals surface area contributed by atoms with E-state index >= 15 is 0 Å². The predicted molar refractivity (Wildman–Crippen MR) is 116 cm³/mol. The molecule has 4 heteroatoms. The molecule has 0 aliphatic heterocycles. The first-order valence-corrected chi connectivity index (χ1v) is 13.0. The largest absolute Gasteiger partial charge is 0.417 e. The Bertz CT molecular complexity index is 573. The number of hydrogen-bond acceptors (Lipinski definition) is 3. The fourth-order valence-corrected chi connectivity index (χ4v) is 3.60.